The van der Waals surface area contributed by atoms with Gasteiger partial charge in [-0.25, -0.2) is 0 Å². The summed E-state index contributed by atoms with van der Waals surface area (Å²) in [6, 6.07) is -0.457. The Bertz CT molecular complexity index is 217. The number of likely N-dealkylation sites (tertiary alicyclic amines) is 1. The van der Waals surface area contributed by atoms with E-state index in [1.807, 2.05) is 0 Å². The first-order valence-electron chi connectivity index (χ1n) is 4.44. The monoisotopic (exact) mass is 185 g/mol. The lowest BCUT2D eigenvalue weighted by Crippen LogP contribution is -2.45. The summed E-state index contributed by atoms with van der Waals surface area (Å²) in [6.07, 6.45) is 2.53. The molecule has 2 amide bonds. The van der Waals surface area contributed by atoms with Gasteiger partial charge in [0, 0.05) is 6.54 Å². The number of carbonyl (C=O) groups is 2. The van der Waals surface area contributed by atoms with E-state index in [-0.39, 0.29) is 12.5 Å². The summed E-state index contributed by atoms with van der Waals surface area (Å²) >= 11 is 0. The van der Waals surface area contributed by atoms with Gasteiger partial charge in [-0.3, -0.25) is 9.59 Å². The van der Waals surface area contributed by atoms with Crippen molar-refractivity contribution in [3.8, 4) is 0 Å². The fourth-order valence-corrected chi connectivity index (χ4v) is 1.48. The minimum absolute atomic E-state index is 0.00741. The molecule has 1 heterocycles. The van der Waals surface area contributed by atoms with Gasteiger partial charge in [-0.15, -0.1) is 0 Å². The third kappa shape index (κ3) is 2.69. The zero-order valence-electron chi connectivity index (χ0n) is 7.53. The van der Waals surface area contributed by atoms with Gasteiger partial charge in [-0.1, -0.05) is 0 Å². The summed E-state index contributed by atoms with van der Waals surface area (Å²) in [5.74, 6) is -0.640. The van der Waals surface area contributed by atoms with Gasteiger partial charge in [0.15, 0.2) is 0 Å². The topological polar surface area (TPSA) is 89.4 Å². The number of amides is 2. The third-order valence-electron chi connectivity index (χ3n) is 2.17. The maximum absolute atomic E-state index is 11.5. The molecule has 1 aliphatic rings. The van der Waals surface area contributed by atoms with E-state index >= 15 is 0 Å². The highest BCUT2D eigenvalue weighted by Crippen LogP contribution is 2.09. The van der Waals surface area contributed by atoms with Crippen LogP contribution in [0.3, 0.4) is 0 Å². The van der Waals surface area contributed by atoms with Crippen LogP contribution in [0.15, 0.2) is 0 Å². The van der Waals surface area contributed by atoms with E-state index in [0.29, 0.717) is 13.0 Å². The number of hydrogen-bond acceptors (Lipinski definition) is 3. The lowest BCUT2D eigenvalue weighted by atomic mass is 10.1. The van der Waals surface area contributed by atoms with Crippen molar-refractivity contribution in [3.63, 3.8) is 0 Å². The normalized spacial score (nSPS) is 24.2. The number of rotatable bonds is 2. The molecule has 0 radical (unpaired) electrons. The second-order valence-electron chi connectivity index (χ2n) is 3.33. The number of hydrogen-bond donors (Lipinski definition) is 2. The van der Waals surface area contributed by atoms with E-state index in [2.05, 4.69) is 0 Å². The Morgan fingerprint density at radius 2 is 2.23 bits per heavy atom. The van der Waals surface area contributed by atoms with Gasteiger partial charge in [0.1, 0.15) is 0 Å². The molecule has 1 rings (SSSR count). The maximum Gasteiger partial charge on any atom is 0.239 e. The molecule has 1 aliphatic heterocycles. The third-order valence-corrected chi connectivity index (χ3v) is 2.17. The Kier molecular flexibility index (Phi) is 3.25. The first-order chi connectivity index (χ1) is 6.11. The molecule has 0 aliphatic carbocycles. The van der Waals surface area contributed by atoms with E-state index in [0.717, 1.165) is 12.8 Å². The van der Waals surface area contributed by atoms with E-state index < -0.39 is 11.9 Å². The first-order valence-corrected chi connectivity index (χ1v) is 4.44. The highest BCUT2D eigenvalue weighted by Gasteiger charge is 2.24. The molecule has 13 heavy (non-hydrogen) atoms. The molecule has 0 spiro atoms. The molecule has 1 saturated heterocycles. The van der Waals surface area contributed by atoms with Crippen molar-refractivity contribution >= 4 is 11.8 Å². The molecule has 5 nitrogen and oxygen atoms in total. The molecule has 1 fully saturated rings. The zero-order valence-corrected chi connectivity index (χ0v) is 7.53. The van der Waals surface area contributed by atoms with Gasteiger partial charge in [0.2, 0.25) is 11.8 Å². The standard InChI is InChI=1S/C8H15N3O2/c9-6-3-1-2-4-11(8(6)13)5-7(10)12/h6H,1-5,9H2,(H2,10,12). The minimum Gasteiger partial charge on any atom is -0.368 e. The van der Waals surface area contributed by atoms with Crippen LogP contribution in [0.5, 0.6) is 0 Å². The summed E-state index contributed by atoms with van der Waals surface area (Å²) in [7, 11) is 0. The van der Waals surface area contributed by atoms with Crippen LogP contribution < -0.4 is 11.5 Å². The number of nitrogens with two attached hydrogens (primary N) is 2. The molecule has 74 valence electrons. The van der Waals surface area contributed by atoms with Gasteiger partial charge in [0.05, 0.1) is 12.6 Å². The van der Waals surface area contributed by atoms with Gasteiger partial charge in [-0.05, 0) is 19.3 Å². The quantitative estimate of drug-likeness (QED) is 0.567. The van der Waals surface area contributed by atoms with Crippen LogP contribution in [0.4, 0.5) is 0 Å². The van der Waals surface area contributed by atoms with Gasteiger partial charge < -0.3 is 16.4 Å². The van der Waals surface area contributed by atoms with Gasteiger partial charge in [0.25, 0.3) is 0 Å². The second-order valence-corrected chi connectivity index (χ2v) is 3.33. The summed E-state index contributed by atoms with van der Waals surface area (Å²) in [5.41, 5.74) is 10.6. The second kappa shape index (κ2) is 4.23. The van der Waals surface area contributed by atoms with E-state index in [1.165, 1.54) is 4.90 Å². The minimum atomic E-state index is -0.484. The molecular weight excluding hydrogens is 170 g/mol. The maximum atomic E-state index is 11.5. The molecule has 0 aromatic rings. The van der Waals surface area contributed by atoms with Crippen LogP contribution in [0.25, 0.3) is 0 Å². The van der Waals surface area contributed by atoms with Crippen LogP contribution in [0.2, 0.25) is 0 Å². The van der Waals surface area contributed by atoms with E-state index in [1.54, 1.807) is 0 Å². The summed E-state index contributed by atoms with van der Waals surface area (Å²) in [4.78, 5) is 23.5. The molecular formula is C8H15N3O2. The molecule has 0 aromatic heterocycles. The summed E-state index contributed by atoms with van der Waals surface area (Å²) in [5, 5.41) is 0. The Labute approximate surface area is 77.1 Å². The fraction of sp³-hybridized carbons (Fsp3) is 0.750. The van der Waals surface area contributed by atoms with Crippen molar-refractivity contribution in [2.75, 3.05) is 13.1 Å². The fourth-order valence-electron chi connectivity index (χ4n) is 1.48. The predicted octanol–water partition coefficient (Wildman–Crippen LogP) is -1.19. The molecule has 0 saturated carbocycles. The zero-order chi connectivity index (χ0) is 9.84. The van der Waals surface area contributed by atoms with E-state index in [9.17, 15) is 9.59 Å². The van der Waals surface area contributed by atoms with Crippen LogP contribution in [0.1, 0.15) is 19.3 Å². The van der Waals surface area contributed by atoms with Gasteiger partial charge in [-0.2, -0.15) is 0 Å². The van der Waals surface area contributed by atoms with Crippen LogP contribution in [-0.2, 0) is 9.59 Å². The van der Waals surface area contributed by atoms with Crippen molar-refractivity contribution in [1.82, 2.24) is 4.90 Å². The van der Waals surface area contributed by atoms with Crippen LogP contribution in [-0.4, -0.2) is 35.8 Å². The number of carbonyl (C=O) groups excluding carboxylic acids is 2. The molecule has 0 aromatic carbocycles. The molecule has 0 bridgehead atoms. The first kappa shape index (κ1) is 9.98. The predicted molar refractivity (Wildman–Crippen MR) is 47.6 cm³/mol. The van der Waals surface area contributed by atoms with Crippen molar-refractivity contribution in [3.05, 3.63) is 0 Å². The molecule has 1 unspecified atom stereocenters. The highest BCUT2D eigenvalue weighted by molar-refractivity contribution is 5.86. The molecule has 4 N–H and O–H groups in total. The average molecular weight is 185 g/mol. The number of primary amides is 1. The summed E-state index contributed by atoms with van der Waals surface area (Å²) in [6.45, 7) is 0.585. The Morgan fingerprint density at radius 3 is 2.85 bits per heavy atom. The van der Waals surface area contributed by atoms with Crippen molar-refractivity contribution < 1.29 is 9.59 Å². The van der Waals surface area contributed by atoms with Gasteiger partial charge >= 0.3 is 0 Å². The lowest BCUT2D eigenvalue weighted by Gasteiger charge is -2.20. The average Bonchev–Trinajstić information content (AvgIpc) is 2.19. The SMILES string of the molecule is NC(=O)CN1CCCCC(N)C1=O. The van der Waals surface area contributed by atoms with Crippen molar-refractivity contribution in [2.45, 2.75) is 25.3 Å². The largest absolute Gasteiger partial charge is 0.368 e. The smallest absolute Gasteiger partial charge is 0.239 e. The Morgan fingerprint density at radius 1 is 1.54 bits per heavy atom. The molecule has 5 heteroatoms. The Hall–Kier alpha value is -1.10. The van der Waals surface area contributed by atoms with Crippen LogP contribution >= 0.6 is 0 Å². The van der Waals surface area contributed by atoms with E-state index in [4.69, 9.17) is 11.5 Å². The molecule has 1 atom stereocenters. The number of nitrogens with zero attached hydrogens (tertiary/aromatic N) is 1. The Balaban J connectivity index is 2.59. The summed E-state index contributed by atoms with van der Waals surface area (Å²) < 4.78 is 0. The highest BCUT2D eigenvalue weighted by atomic mass is 16.2. The van der Waals surface area contributed by atoms with Crippen molar-refractivity contribution in [1.29, 1.82) is 0 Å². The van der Waals surface area contributed by atoms with Crippen LogP contribution in [0, 0.1) is 0 Å². The lowest BCUT2D eigenvalue weighted by molar-refractivity contribution is -0.135. The van der Waals surface area contributed by atoms with Crippen molar-refractivity contribution in [2.24, 2.45) is 11.5 Å².